The molecule has 0 fully saturated rings. The van der Waals surface area contributed by atoms with Crippen molar-refractivity contribution in [2.24, 2.45) is 0 Å². The summed E-state index contributed by atoms with van der Waals surface area (Å²) in [5, 5.41) is 7.80. The third kappa shape index (κ3) is 3.67. The minimum Gasteiger partial charge on any atom is -0.324 e. The van der Waals surface area contributed by atoms with Gasteiger partial charge in [0.25, 0.3) is 0 Å². The Morgan fingerprint density at radius 2 is 0.963 bits per heavy atom. The lowest BCUT2D eigenvalue weighted by molar-refractivity contribution is 0.796. The van der Waals surface area contributed by atoms with Crippen LogP contribution in [-0.2, 0) is 12.0 Å². The second kappa shape index (κ2) is 10.9. The van der Waals surface area contributed by atoms with Crippen molar-refractivity contribution in [3.8, 4) is 44.8 Å². The lowest BCUT2D eigenvalue weighted by atomic mass is 9.68. The molecule has 0 saturated carbocycles. The van der Waals surface area contributed by atoms with Crippen LogP contribution in [0, 0.1) is 0 Å². The summed E-state index contributed by atoms with van der Waals surface area (Å²) in [7, 11) is 0. The molecule has 0 atom stereocenters. The van der Waals surface area contributed by atoms with Gasteiger partial charge in [0.2, 0.25) is 0 Å². The first kappa shape index (κ1) is 29.8. The molecule has 0 radical (unpaired) electrons. The van der Waals surface area contributed by atoms with Crippen LogP contribution in [0.2, 0.25) is 0 Å². The first-order valence-electron chi connectivity index (χ1n) is 19.0. The van der Waals surface area contributed by atoms with Gasteiger partial charge in [0.15, 0.2) is 0 Å². The third-order valence-corrected chi connectivity index (χ3v) is 12.4. The lowest BCUT2D eigenvalue weighted by Crippen LogP contribution is -2.26. The molecular formula is C52H34N2. The van der Waals surface area contributed by atoms with Gasteiger partial charge in [0.1, 0.15) is 5.82 Å². The van der Waals surface area contributed by atoms with E-state index in [-0.39, 0.29) is 0 Å². The summed E-state index contributed by atoms with van der Waals surface area (Å²) in [6, 6.07) is 65.7. The molecule has 2 nitrogen and oxygen atoms in total. The number of imidazole rings is 1. The normalized spacial score (nSPS) is 13.5. The Morgan fingerprint density at radius 1 is 0.444 bits per heavy atom. The highest BCUT2D eigenvalue weighted by Crippen LogP contribution is 2.66. The average Bonchev–Trinajstić information content (AvgIpc) is 3.88. The SMILES string of the molecule is CCn1c(-c2ccc(-c3cc4c(c5ccccc35)-c3c(c5ccccc5c5ccccc35)C43c4ccccc4-c4ccccc43)cc2)nc2ccccc21. The molecule has 2 aliphatic carbocycles. The molecule has 9 aromatic carbocycles. The Hall–Kier alpha value is -6.77. The van der Waals surface area contributed by atoms with Gasteiger partial charge < -0.3 is 4.57 Å². The van der Waals surface area contributed by atoms with Crippen molar-refractivity contribution in [2.45, 2.75) is 18.9 Å². The van der Waals surface area contributed by atoms with E-state index in [4.69, 9.17) is 4.98 Å². The van der Waals surface area contributed by atoms with Gasteiger partial charge in [0.05, 0.1) is 16.4 Å². The Bertz CT molecular complexity index is 3150. The maximum atomic E-state index is 5.08. The van der Waals surface area contributed by atoms with Crippen molar-refractivity contribution in [1.82, 2.24) is 9.55 Å². The first-order chi connectivity index (χ1) is 26.8. The molecule has 252 valence electrons. The van der Waals surface area contributed by atoms with Gasteiger partial charge in [-0.2, -0.15) is 0 Å². The van der Waals surface area contributed by atoms with Gasteiger partial charge in [-0.05, 0) is 113 Å². The average molecular weight is 687 g/mol. The zero-order chi connectivity index (χ0) is 35.5. The quantitative estimate of drug-likeness (QED) is 0.169. The number of rotatable bonds is 3. The molecule has 54 heavy (non-hydrogen) atoms. The highest BCUT2D eigenvalue weighted by Gasteiger charge is 2.53. The molecule has 12 rings (SSSR count). The van der Waals surface area contributed by atoms with Crippen molar-refractivity contribution in [1.29, 1.82) is 0 Å². The maximum absolute atomic E-state index is 5.08. The van der Waals surface area contributed by atoms with Crippen LogP contribution in [0.4, 0.5) is 0 Å². The van der Waals surface area contributed by atoms with Gasteiger partial charge in [-0.15, -0.1) is 0 Å². The molecular weight excluding hydrogens is 653 g/mol. The Balaban J connectivity index is 1.21. The highest BCUT2D eigenvalue weighted by molar-refractivity contribution is 6.24. The minimum atomic E-state index is -0.494. The van der Waals surface area contributed by atoms with Crippen LogP contribution < -0.4 is 0 Å². The molecule has 0 N–H and O–H groups in total. The Labute approximate surface area is 313 Å². The first-order valence-corrected chi connectivity index (χ1v) is 19.0. The zero-order valence-corrected chi connectivity index (χ0v) is 29.8. The van der Waals surface area contributed by atoms with E-state index in [1.165, 1.54) is 93.5 Å². The fourth-order valence-corrected chi connectivity index (χ4v) is 10.3. The fourth-order valence-electron chi connectivity index (χ4n) is 10.3. The summed E-state index contributed by atoms with van der Waals surface area (Å²) < 4.78 is 2.32. The van der Waals surface area contributed by atoms with Gasteiger partial charge >= 0.3 is 0 Å². The molecule has 2 aliphatic rings. The number of para-hydroxylation sites is 2. The van der Waals surface area contributed by atoms with E-state index in [1.807, 2.05) is 0 Å². The van der Waals surface area contributed by atoms with Crippen molar-refractivity contribution < 1.29 is 0 Å². The van der Waals surface area contributed by atoms with Crippen molar-refractivity contribution in [3.63, 3.8) is 0 Å². The van der Waals surface area contributed by atoms with E-state index in [0.29, 0.717) is 0 Å². The Morgan fingerprint density at radius 3 is 1.65 bits per heavy atom. The smallest absolute Gasteiger partial charge is 0.141 e. The summed E-state index contributed by atoms with van der Waals surface area (Å²) in [5.74, 6) is 1.01. The lowest BCUT2D eigenvalue weighted by Gasteiger charge is -2.32. The molecule has 1 spiro atoms. The predicted molar refractivity (Wildman–Crippen MR) is 225 cm³/mol. The van der Waals surface area contributed by atoms with Gasteiger partial charge in [-0.3, -0.25) is 0 Å². The largest absolute Gasteiger partial charge is 0.324 e. The third-order valence-electron chi connectivity index (χ3n) is 12.4. The number of fused-ring (bicyclic) bond motifs is 18. The summed E-state index contributed by atoms with van der Waals surface area (Å²) in [5.41, 5.74) is 16.1. The minimum absolute atomic E-state index is 0.494. The van der Waals surface area contributed by atoms with Gasteiger partial charge in [0, 0.05) is 12.1 Å². The summed E-state index contributed by atoms with van der Waals surface area (Å²) in [4.78, 5) is 5.08. The number of hydrogen-bond acceptors (Lipinski definition) is 1. The number of benzene rings is 9. The monoisotopic (exact) mass is 686 g/mol. The molecule has 0 saturated heterocycles. The van der Waals surface area contributed by atoms with Crippen LogP contribution in [0.1, 0.15) is 29.2 Å². The van der Waals surface area contributed by atoms with Crippen LogP contribution in [-0.4, -0.2) is 9.55 Å². The van der Waals surface area contributed by atoms with Crippen LogP contribution in [0.15, 0.2) is 176 Å². The topological polar surface area (TPSA) is 17.8 Å². The predicted octanol–water partition coefficient (Wildman–Crippen LogP) is 13.2. The molecule has 0 amide bonds. The molecule has 2 heteroatoms. The molecule has 10 aromatic rings. The fraction of sp³-hybridized carbons (Fsp3) is 0.0577. The number of hydrogen-bond donors (Lipinski definition) is 0. The number of aryl methyl sites for hydroxylation is 1. The second-order valence-corrected chi connectivity index (χ2v) is 14.8. The van der Waals surface area contributed by atoms with Crippen LogP contribution in [0.25, 0.3) is 88.1 Å². The van der Waals surface area contributed by atoms with Gasteiger partial charge in [-0.1, -0.05) is 158 Å². The molecule has 0 unspecified atom stereocenters. The highest BCUT2D eigenvalue weighted by atomic mass is 15.1. The number of nitrogens with zero attached hydrogens (tertiary/aromatic N) is 2. The van der Waals surface area contributed by atoms with Crippen LogP contribution >= 0.6 is 0 Å². The van der Waals surface area contributed by atoms with Crippen molar-refractivity contribution >= 4 is 43.4 Å². The van der Waals surface area contributed by atoms with E-state index in [9.17, 15) is 0 Å². The summed E-state index contributed by atoms with van der Waals surface area (Å²) >= 11 is 0. The second-order valence-electron chi connectivity index (χ2n) is 14.8. The molecule has 1 heterocycles. The van der Waals surface area contributed by atoms with E-state index >= 15 is 0 Å². The molecule has 0 bridgehead atoms. The molecule has 0 aliphatic heterocycles. The van der Waals surface area contributed by atoms with E-state index in [0.717, 1.165) is 23.4 Å². The van der Waals surface area contributed by atoms with Crippen LogP contribution in [0.5, 0.6) is 0 Å². The van der Waals surface area contributed by atoms with Crippen molar-refractivity contribution in [2.75, 3.05) is 0 Å². The van der Waals surface area contributed by atoms with E-state index in [2.05, 4.69) is 187 Å². The molecule has 1 aromatic heterocycles. The summed E-state index contributed by atoms with van der Waals surface area (Å²) in [6.07, 6.45) is 0. The van der Waals surface area contributed by atoms with E-state index in [1.54, 1.807) is 0 Å². The van der Waals surface area contributed by atoms with Gasteiger partial charge in [-0.25, -0.2) is 4.98 Å². The zero-order valence-electron chi connectivity index (χ0n) is 29.8. The Kier molecular flexibility index (Phi) is 6.00. The summed E-state index contributed by atoms with van der Waals surface area (Å²) in [6.45, 7) is 3.06. The maximum Gasteiger partial charge on any atom is 0.141 e. The van der Waals surface area contributed by atoms with Crippen molar-refractivity contribution in [3.05, 3.63) is 198 Å². The van der Waals surface area contributed by atoms with Crippen LogP contribution in [0.3, 0.4) is 0 Å². The van der Waals surface area contributed by atoms with E-state index < -0.39 is 5.41 Å². The number of aromatic nitrogens is 2. The standard InChI is InChI=1S/C52H34N2/c1-2-54-47-26-14-13-25-46(47)53-51(54)33-29-27-32(28-30-33)42-31-45-48(39-20-6-4-17-36(39)42)49-40-21-7-3-15-34(40)35-16-5-8-22-41(35)50(49)52(45)43-23-11-9-18-37(43)38-19-10-12-24-44(38)52/h3-31H,2H2,1H3.